The molecule has 6 heteroatoms. The number of ether oxygens (including phenoxy) is 5. The molecule has 3 rings (SSSR count). The summed E-state index contributed by atoms with van der Waals surface area (Å²) in [6, 6.07) is 7.83. The van der Waals surface area contributed by atoms with E-state index >= 15 is 0 Å². The summed E-state index contributed by atoms with van der Waals surface area (Å²) in [6.45, 7) is 12.9. The molecule has 0 saturated carbocycles. The largest absolute Gasteiger partial charge is 0.497 e. The minimum Gasteiger partial charge on any atom is -0.497 e. The molecule has 0 spiro atoms. The van der Waals surface area contributed by atoms with Gasteiger partial charge in [0.15, 0.2) is 5.79 Å². The van der Waals surface area contributed by atoms with Gasteiger partial charge in [0.2, 0.25) is 0 Å². The quantitative estimate of drug-likeness (QED) is 0.442. The maximum atomic E-state index is 11.2. The van der Waals surface area contributed by atoms with Crippen LogP contribution in [0.1, 0.15) is 47.1 Å². The predicted molar refractivity (Wildman–Crippen MR) is 119 cm³/mol. The average Bonchev–Trinajstić information content (AvgIpc) is 3.33. The van der Waals surface area contributed by atoms with Crippen molar-refractivity contribution in [3.8, 4) is 5.75 Å². The van der Waals surface area contributed by atoms with Gasteiger partial charge in [-0.1, -0.05) is 38.1 Å². The van der Waals surface area contributed by atoms with Crippen molar-refractivity contribution in [2.75, 3.05) is 13.7 Å². The van der Waals surface area contributed by atoms with E-state index in [1.54, 1.807) is 7.11 Å². The van der Waals surface area contributed by atoms with Crippen LogP contribution in [0.5, 0.6) is 5.75 Å². The first-order valence-electron chi connectivity index (χ1n) is 11.2. The van der Waals surface area contributed by atoms with E-state index < -0.39 is 23.6 Å². The Bertz CT molecular complexity index is 745. The zero-order valence-electron chi connectivity index (χ0n) is 19.8. The number of aliphatic hydroxyl groups is 1. The number of epoxide rings is 1. The normalized spacial score (nSPS) is 32.7. The van der Waals surface area contributed by atoms with Crippen molar-refractivity contribution < 1.29 is 28.8 Å². The predicted octanol–water partition coefficient (Wildman–Crippen LogP) is 4.10. The van der Waals surface area contributed by atoms with E-state index in [0.717, 1.165) is 11.3 Å². The van der Waals surface area contributed by atoms with Gasteiger partial charge >= 0.3 is 0 Å². The summed E-state index contributed by atoms with van der Waals surface area (Å²) < 4.78 is 29.5. The number of methoxy groups -OCH3 is 1. The molecule has 0 aliphatic carbocycles. The first kappa shape index (κ1) is 24.2. The summed E-state index contributed by atoms with van der Waals surface area (Å²) in [4.78, 5) is 0. The van der Waals surface area contributed by atoms with Crippen LogP contribution in [0.3, 0.4) is 0 Å². The number of allylic oxidation sites excluding steroid dienone is 1. The molecule has 7 atom stereocenters. The molecular weight excluding hydrogens is 396 g/mol. The van der Waals surface area contributed by atoms with Crippen LogP contribution in [-0.4, -0.2) is 54.6 Å². The third-order valence-electron chi connectivity index (χ3n) is 6.29. The summed E-state index contributed by atoms with van der Waals surface area (Å²) in [7, 11) is 1.65. The highest BCUT2D eigenvalue weighted by Gasteiger charge is 2.64. The molecule has 1 N–H and O–H groups in total. The summed E-state index contributed by atoms with van der Waals surface area (Å²) in [5, 5.41) is 11.2. The van der Waals surface area contributed by atoms with Gasteiger partial charge < -0.3 is 28.8 Å². The van der Waals surface area contributed by atoms with Crippen molar-refractivity contribution in [1.29, 1.82) is 0 Å². The van der Waals surface area contributed by atoms with Crippen molar-refractivity contribution in [2.45, 2.75) is 84.0 Å². The first-order chi connectivity index (χ1) is 14.6. The number of benzene rings is 1. The van der Waals surface area contributed by atoms with E-state index in [9.17, 15) is 5.11 Å². The fraction of sp³-hybridized carbons (Fsp3) is 0.680. The Morgan fingerprint density at radius 3 is 2.32 bits per heavy atom. The Labute approximate surface area is 186 Å². The van der Waals surface area contributed by atoms with E-state index in [1.807, 2.05) is 58.0 Å². The molecule has 0 bridgehead atoms. The SMILES string of the molecule is C/C=C\[C@H](C)[C@@H]1O[C@@]1(C)C(O)[C@H]1OC(C)(C)O[C@@H]1[C@H](C)COCc1ccc(OC)cc1. The van der Waals surface area contributed by atoms with Crippen LogP contribution in [0, 0.1) is 11.8 Å². The van der Waals surface area contributed by atoms with Crippen LogP contribution in [0.25, 0.3) is 0 Å². The number of hydrogen-bond acceptors (Lipinski definition) is 6. The van der Waals surface area contributed by atoms with Crippen LogP contribution in [-0.2, 0) is 25.6 Å². The van der Waals surface area contributed by atoms with Gasteiger partial charge in [-0.2, -0.15) is 0 Å². The molecular formula is C25H38O6. The van der Waals surface area contributed by atoms with Crippen LogP contribution >= 0.6 is 0 Å². The van der Waals surface area contributed by atoms with Crippen LogP contribution in [0.15, 0.2) is 36.4 Å². The molecule has 6 nitrogen and oxygen atoms in total. The lowest BCUT2D eigenvalue weighted by Gasteiger charge is -2.29. The summed E-state index contributed by atoms with van der Waals surface area (Å²) in [5.74, 6) is 0.318. The van der Waals surface area contributed by atoms with Gasteiger partial charge in [-0.15, -0.1) is 0 Å². The highest BCUT2D eigenvalue weighted by Crippen LogP contribution is 2.48. The van der Waals surface area contributed by atoms with Crippen LogP contribution in [0.4, 0.5) is 0 Å². The molecule has 0 radical (unpaired) electrons. The van der Waals surface area contributed by atoms with Gasteiger partial charge in [0.25, 0.3) is 0 Å². The molecule has 1 aromatic carbocycles. The monoisotopic (exact) mass is 434 g/mol. The van der Waals surface area contributed by atoms with Gasteiger partial charge in [-0.3, -0.25) is 0 Å². The summed E-state index contributed by atoms with van der Waals surface area (Å²) in [5.41, 5.74) is 0.433. The second-order valence-electron chi connectivity index (χ2n) is 9.46. The smallest absolute Gasteiger partial charge is 0.163 e. The summed E-state index contributed by atoms with van der Waals surface area (Å²) in [6.07, 6.45) is 2.52. The second kappa shape index (κ2) is 9.59. The molecule has 2 aliphatic rings. The molecule has 2 heterocycles. The molecule has 31 heavy (non-hydrogen) atoms. The molecule has 174 valence electrons. The Balaban J connectivity index is 1.60. The number of rotatable bonds is 10. The molecule has 0 amide bonds. The number of aliphatic hydroxyl groups excluding tert-OH is 1. The van der Waals surface area contributed by atoms with E-state index in [1.165, 1.54) is 0 Å². The molecule has 2 fully saturated rings. The van der Waals surface area contributed by atoms with Gasteiger partial charge in [0.05, 0.1) is 32.5 Å². The van der Waals surface area contributed by atoms with Gasteiger partial charge in [-0.05, 0) is 45.4 Å². The highest BCUT2D eigenvalue weighted by molar-refractivity contribution is 5.26. The van der Waals surface area contributed by atoms with Crippen molar-refractivity contribution in [3.05, 3.63) is 42.0 Å². The fourth-order valence-corrected chi connectivity index (χ4v) is 4.52. The van der Waals surface area contributed by atoms with Crippen molar-refractivity contribution >= 4 is 0 Å². The minimum atomic E-state index is -0.791. The maximum Gasteiger partial charge on any atom is 0.163 e. The lowest BCUT2D eigenvalue weighted by molar-refractivity contribution is -0.161. The first-order valence-corrected chi connectivity index (χ1v) is 11.2. The van der Waals surface area contributed by atoms with Gasteiger partial charge in [-0.25, -0.2) is 0 Å². The molecule has 1 unspecified atom stereocenters. The lowest BCUT2D eigenvalue weighted by atomic mass is 9.86. The zero-order valence-corrected chi connectivity index (χ0v) is 19.8. The van der Waals surface area contributed by atoms with Crippen LogP contribution in [0.2, 0.25) is 0 Å². The maximum absolute atomic E-state index is 11.2. The Kier molecular flexibility index (Phi) is 7.49. The second-order valence-corrected chi connectivity index (χ2v) is 9.46. The third kappa shape index (κ3) is 5.49. The van der Waals surface area contributed by atoms with Crippen LogP contribution < -0.4 is 4.74 Å². The topological polar surface area (TPSA) is 69.7 Å². The van der Waals surface area contributed by atoms with E-state index in [4.69, 9.17) is 23.7 Å². The Hall–Kier alpha value is -1.44. The Morgan fingerprint density at radius 2 is 1.71 bits per heavy atom. The summed E-state index contributed by atoms with van der Waals surface area (Å²) >= 11 is 0. The zero-order chi connectivity index (χ0) is 22.8. The van der Waals surface area contributed by atoms with E-state index in [0.29, 0.717) is 13.2 Å². The van der Waals surface area contributed by atoms with E-state index in [2.05, 4.69) is 19.9 Å². The molecule has 1 aromatic rings. The molecule has 2 aliphatic heterocycles. The third-order valence-corrected chi connectivity index (χ3v) is 6.29. The van der Waals surface area contributed by atoms with Gasteiger partial charge in [0.1, 0.15) is 23.6 Å². The Morgan fingerprint density at radius 1 is 1.06 bits per heavy atom. The van der Waals surface area contributed by atoms with Crippen molar-refractivity contribution in [2.24, 2.45) is 11.8 Å². The molecule has 0 aromatic heterocycles. The van der Waals surface area contributed by atoms with E-state index in [-0.39, 0.29) is 24.0 Å². The highest BCUT2D eigenvalue weighted by atomic mass is 16.8. The standard InChI is InChI=1S/C25H38O6/c1-8-9-16(2)23-25(6,31-23)22(26)21-20(29-24(4,5)30-21)17(3)14-28-15-18-10-12-19(27-7)13-11-18/h8-13,16-17,20-23,26H,14-15H2,1-7H3/b9-8-/t16-,17+,20+,21-,22?,23-,25-/m0/s1. The average molecular weight is 435 g/mol. The lowest BCUT2D eigenvalue weighted by Crippen LogP contribution is -2.48. The van der Waals surface area contributed by atoms with Crippen molar-refractivity contribution in [1.82, 2.24) is 0 Å². The van der Waals surface area contributed by atoms with Gasteiger partial charge in [0, 0.05) is 11.8 Å². The van der Waals surface area contributed by atoms with Crippen molar-refractivity contribution in [3.63, 3.8) is 0 Å². The molecule has 2 saturated heterocycles. The number of hydrogen-bond donors (Lipinski definition) is 1. The minimum absolute atomic E-state index is 0.0340. The fourth-order valence-electron chi connectivity index (χ4n) is 4.52.